The molecule has 0 aliphatic carbocycles. The molecule has 0 saturated heterocycles. The first kappa shape index (κ1) is 24.4. The van der Waals surface area contributed by atoms with Gasteiger partial charge >= 0.3 is 0 Å². The van der Waals surface area contributed by atoms with Gasteiger partial charge in [0.2, 0.25) is 0 Å². The molecule has 0 radical (unpaired) electrons. The Balaban J connectivity index is 1.56. The molecule has 4 aromatic rings. The van der Waals surface area contributed by atoms with E-state index >= 15 is 0 Å². The quantitative estimate of drug-likeness (QED) is 0.327. The van der Waals surface area contributed by atoms with E-state index in [1.807, 2.05) is 0 Å². The van der Waals surface area contributed by atoms with Crippen LogP contribution in [0.15, 0.2) is 84.9 Å². The van der Waals surface area contributed by atoms with E-state index in [0.29, 0.717) is 22.9 Å². The predicted octanol–water partition coefficient (Wildman–Crippen LogP) is 6.15. The minimum atomic E-state index is -0.505. The van der Waals surface area contributed by atoms with Gasteiger partial charge in [-0.25, -0.2) is 8.78 Å². The molecule has 0 fully saturated rings. The second-order valence-electron chi connectivity index (χ2n) is 7.76. The molecule has 36 heavy (non-hydrogen) atoms. The Morgan fingerprint density at radius 1 is 0.611 bits per heavy atom. The average molecular weight is 488 g/mol. The van der Waals surface area contributed by atoms with Crippen LogP contribution in [0.2, 0.25) is 0 Å². The van der Waals surface area contributed by atoms with Gasteiger partial charge < -0.3 is 20.1 Å². The monoisotopic (exact) mass is 488 g/mol. The number of halogens is 2. The van der Waals surface area contributed by atoms with E-state index in [0.717, 1.165) is 23.3 Å². The van der Waals surface area contributed by atoms with Gasteiger partial charge in [0.15, 0.2) is 0 Å². The van der Waals surface area contributed by atoms with Crippen molar-refractivity contribution in [2.75, 3.05) is 24.9 Å². The first-order valence-corrected chi connectivity index (χ1v) is 10.9. The largest absolute Gasteiger partial charge is 0.495 e. The third-order valence-electron chi connectivity index (χ3n) is 5.41. The zero-order valence-electron chi connectivity index (χ0n) is 19.5. The smallest absolute Gasteiger partial charge is 0.255 e. The van der Waals surface area contributed by atoms with Crippen molar-refractivity contribution in [2.24, 2.45) is 0 Å². The molecule has 8 heteroatoms. The fourth-order valence-corrected chi connectivity index (χ4v) is 3.60. The minimum Gasteiger partial charge on any atom is -0.495 e. The van der Waals surface area contributed by atoms with Crippen LogP contribution in [0.1, 0.15) is 20.7 Å². The number of carbonyl (C=O) groups is 2. The highest BCUT2D eigenvalue weighted by Crippen LogP contribution is 2.35. The lowest BCUT2D eigenvalue weighted by Gasteiger charge is -2.14. The molecule has 0 aromatic heterocycles. The van der Waals surface area contributed by atoms with Crippen LogP contribution in [0.25, 0.3) is 11.1 Å². The predicted molar refractivity (Wildman–Crippen MR) is 134 cm³/mol. The molecular weight excluding hydrogens is 466 g/mol. The summed E-state index contributed by atoms with van der Waals surface area (Å²) in [6, 6.07) is 21.2. The number of hydrogen-bond acceptors (Lipinski definition) is 4. The van der Waals surface area contributed by atoms with Crippen LogP contribution < -0.4 is 20.1 Å². The summed E-state index contributed by atoms with van der Waals surface area (Å²) in [6.45, 7) is 0. The Hall–Kier alpha value is -4.72. The van der Waals surface area contributed by atoms with Crippen LogP contribution in [-0.4, -0.2) is 26.0 Å². The normalized spacial score (nSPS) is 10.4. The highest BCUT2D eigenvalue weighted by Gasteiger charge is 2.14. The van der Waals surface area contributed by atoms with Gasteiger partial charge in [-0.3, -0.25) is 9.59 Å². The zero-order valence-corrected chi connectivity index (χ0v) is 19.5. The van der Waals surface area contributed by atoms with Crippen molar-refractivity contribution in [2.45, 2.75) is 0 Å². The SMILES string of the molecule is COc1cc(-c2ccc(NC(=O)c3cccc(F)c3)c(OC)c2)ccc1NC(=O)c1cccc(F)c1. The molecule has 0 bridgehead atoms. The fraction of sp³-hybridized carbons (Fsp3) is 0.0714. The number of ether oxygens (including phenoxy) is 2. The Kier molecular flexibility index (Phi) is 7.25. The molecule has 0 heterocycles. The number of carbonyl (C=O) groups excluding carboxylic acids is 2. The number of rotatable bonds is 7. The van der Waals surface area contributed by atoms with Gasteiger partial charge in [0.1, 0.15) is 23.1 Å². The van der Waals surface area contributed by atoms with Gasteiger partial charge in [0.25, 0.3) is 11.8 Å². The summed E-state index contributed by atoms with van der Waals surface area (Å²) in [7, 11) is 2.95. The van der Waals surface area contributed by atoms with Gasteiger partial charge in [-0.1, -0.05) is 24.3 Å². The Labute approximate surface area is 206 Å². The van der Waals surface area contributed by atoms with Crippen molar-refractivity contribution in [3.05, 3.63) is 108 Å². The van der Waals surface area contributed by atoms with Crippen molar-refractivity contribution >= 4 is 23.2 Å². The first-order chi connectivity index (χ1) is 17.4. The lowest BCUT2D eigenvalue weighted by Crippen LogP contribution is -2.13. The average Bonchev–Trinajstić information content (AvgIpc) is 2.89. The molecule has 4 aromatic carbocycles. The topological polar surface area (TPSA) is 76.7 Å². The van der Waals surface area contributed by atoms with Gasteiger partial charge in [-0.2, -0.15) is 0 Å². The number of hydrogen-bond donors (Lipinski definition) is 2. The zero-order chi connectivity index (χ0) is 25.7. The second kappa shape index (κ2) is 10.7. The molecule has 2 N–H and O–H groups in total. The maximum Gasteiger partial charge on any atom is 0.255 e. The number of nitrogens with one attached hydrogen (secondary N) is 2. The summed E-state index contributed by atoms with van der Waals surface area (Å²) in [4.78, 5) is 25.0. The maximum absolute atomic E-state index is 13.5. The van der Waals surface area contributed by atoms with E-state index < -0.39 is 23.4 Å². The third kappa shape index (κ3) is 5.50. The van der Waals surface area contributed by atoms with Gasteiger partial charge in [-0.15, -0.1) is 0 Å². The number of benzene rings is 4. The highest BCUT2D eigenvalue weighted by atomic mass is 19.1. The van der Waals surface area contributed by atoms with E-state index in [2.05, 4.69) is 10.6 Å². The van der Waals surface area contributed by atoms with Crippen molar-refractivity contribution in [1.82, 2.24) is 0 Å². The first-order valence-electron chi connectivity index (χ1n) is 10.9. The van der Waals surface area contributed by atoms with E-state index in [9.17, 15) is 18.4 Å². The van der Waals surface area contributed by atoms with Crippen LogP contribution in [0.5, 0.6) is 11.5 Å². The summed E-state index contributed by atoms with van der Waals surface area (Å²) in [5, 5.41) is 5.45. The molecule has 182 valence electrons. The van der Waals surface area contributed by atoms with E-state index in [-0.39, 0.29) is 11.1 Å². The summed E-state index contributed by atoms with van der Waals surface area (Å²) in [5.74, 6) is -1.15. The molecule has 0 aliphatic heterocycles. The second-order valence-corrected chi connectivity index (χ2v) is 7.76. The van der Waals surface area contributed by atoms with Gasteiger partial charge in [-0.05, 0) is 71.8 Å². The number of anilines is 2. The summed E-state index contributed by atoms with van der Waals surface area (Å²) < 4.78 is 37.8. The molecular formula is C28H22F2N2O4. The lowest BCUT2D eigenvalue weighted by atomic mass is 10.0. The van der Waals surface area contributed by atoms with Gasteiger partial charge in [0.05, 0.1) is 25.6 Å². The van der Waals surface area contributed by atoms with Crippen LogP contribution >= 0.6 is 0 Å². The van der Waals surface area contributed by atoms with E-state index in [1.54, 1.807) is 36.4 Å². The standard InChI is InChI=1S/C28H22F2N2O4/c1-35-25-15-17(9-11-23(25)31-27(33)19-5-3-7-21(29)13-19)18-10-12-24(26(16-18)36-2)32-28(34)20-6-4-8-22(30)14-20/h3-16H,1-2H3,(H,31,33)(H,32,34). The molecule has 0 atom stereocenters. The molecule has 0 aliphatic rings. The van der Waals surface area contributed by atoms with Crippen LogP contribution in [0, 0.1) is 11.6 Å². The van der Waals surface area contributed by atoms with Crippen LogP contribution in [0.4, 0.5) is 20.2 Å². The van der Waals surface area contributed by atoms with E-state index in [1.165, 1.54) is 50.6 Å². The summed E-state index contributed by atoms with van der Waals surface area (Å²) in [5.41, 5.74) is 2.72. The van der Waals surface area contributed by atoms with Crippen molar-refractivity contribution in [3.8, 4) is 22.6 Å². The Bertz CT molecular complexity index is 1330. The summed E-state index contributed by atoms with van der Waals surface area (Å²) >= 11 is 0. The number of methoxy groups -OCH3 is 2. The molecule has 0 unspecified atom stereocenters. The van der Waals surface area contributed by atoms with Crippen molar-refractivity contribution < 1.29 is 27.8 Å². The summed E-state index contributed by atoms with van der Waals surface area (Å²) in [6.07, 6.45) is 0. The molecule has 0 saturated carbocycles. The Morgan fingerprint density at radius 2 is 1.03 bits per heavy atom. The minimum absolute atomic E-state index is 0.182. The molecule has 0 spiro atoms. The maximum atomic E-state index is 13.5. The third-order valence-corrected chi connectivity index (χ3v) is 5.41. The van der Waals surface area contributed by atoms with Gasteiger partial charge in [0, 0.05) is 11.1 Å². The van der Waals surface area contributed by atoms with Crippen molar-refractivity contribution in [1.29, 1.82) is 0 Å². The lowest BCUT2D eigenvalue weighted by molar-refractivity contribution is 0.101. The number of amides is 2. The molecule has 4 rings (SSSR count). The Morgan fingerprint density at radius 3 is 1.39 bits per heavy atom. The van der Waals surface area contributed by atoms with Crippen LogP contribution in [-0.2, 0) is 0 Å². The molecule has 6 nitrogen and oxygen atoms in total. The highest BCUT2D eigenvalue weighted by molar-refractivity contribution is 6.06. The van der Waals surface area contributed by atoms with Crippen molar-refractivity contribution in [3.63, 3.8) is 0 Å². The van der Waals surface area contributed by atoms with E-state index in [4.69, 9.17) is 9.47 Å². The fourth-order valence-electron chi connectivity index (χ4n) is 3.60. The molecule has 2 amide bonds. The van der Waals surface area contributed by atoms with Crippen LogP contribution in [0.3, 0.4) is 0 Å².